The Bertz CT molecular complexity index is 1340. The van der Waals surface area contributed by atoms with Crippen LogP contribution >= 0.6 is 0 Å². The zero-order valence-corrected chi connectivity index (χ0v) is 16.5. The largest absolute Gasteiger partial charge is 0.344 e. The van der Waals surface area contributed by atoms with Crippen LogP contribution in [-0.4, -0.2) is 7.05 Å². The monoisotopic (exact) mass is 371 g/mol. The van der Waals surface area contributed by atoms with Gasteiger partial charge in [-0.1, -0.05) is 60.7 Å². The number of nitrogens with zero attached hydrogens (tertiary/aromatic N) is 1. The number of benzene rings is 4. The molecule has 138 valence electrons. The molecule has 1 nitrogen and oxygen atoms in total. The summed E-state index contributed by atoms with van der Waals surface area (Å²) >= 11 is 0. The Hall–Kier alpha value is -3.32. The summed E-state index contributed by atoms with van der Waals surface area (Å²) in [5.74, 6) is 0. The maximum atomic E-state index is 2.48. The molecular formula is C28H21N. The van der Waals surface area contributed by atoms with E-state index >= 15 is 0 Å². The van der Waals surface area contributed by atoms with E-state index < -0.39 is 0 Å². The van der Waals surface area contributed by atoms with Crippen LogP contribution in [0.1, 0.15) is 33.4 Å². The average Bonchev–Trinajstić information content (AvgIpc) is 3.31. The van der Waals surface area contributed by atoms with Crippen molar-refractivity contribution in [2.45, 2.75) is 19.3 Å². The Morgan fingerprint density at radius 2 is 1.21 bits per heavy atom. The van der Waals surface area contributed by atoms with Crippen molar-refractivity contribution < 1.29 is 0 Å². The minimum atomic E-state index is 1.04. The quantitative estimate of drug-likeness (QED) is 0.294. The third-order valence-corrected chi connectivity index (χ3v) is 7.16. The second-order valence-electron chi connectivity index (χ2n) is 8.63. The van der Waals surface area contributed by atoms with Crippen LogP contribution in [0.3, 0.4) is 0 Å². The van der Waals surface area contributed by atoms with Crippen LogP contribution in [0.4, 0.5) is 11.4 Å². The summed E-state index contributed by atoms with van der Waals surface area (Å²) in [7, 11) is 2.23. The molecule has 0 radical (unpaired) electrons. The second kappa shape index (κ2) is 5.39. The molecule has 4 aromatic carbocycles. The molecule has 0 saturated carbocycles. The Morgan fingerprint density at radius 1 is 0.517 bits per heavy atom. The molecule has 0 amide bonds. The molecule has 0 bridgehead atoms. The maximum absolute atomic E-state index is 2.48. The fourth-order valence-electron chi connectivity index (χ4n) is 5.77. The van der Waals surface area contributed by atoms with Crippen molar-refractivity contribution in [3.63, 3.8) is 0 Å². The van der Waals surface area contributed by atoms with Gasteiger partial charge < -0.3 is 4.90 Å². The van der Waals surface area contributed by atoms with E-state index in [0.29, 0.717) is 0 Å². The van der Waals surface area contributed by atoms with Gasteiger partial charge in [-0.25, -0.2) is 0 Å². The van der Waals surface area contributed by atoms with E-state index in [1.165, 1.54) is 67.0 Å². The van der Waals surface area contributed by atoms with Crippen LogP contribution in [0.15, 0.2) is 72.8 Å². The number of rotatable bonds is 0. The van der Waals surface area contributed by atoms with E-state index in [0.717, 1.165) is 19.3 Å². The zero-order valence-electron chi connectivity index (χ0n) is 16.5. The van der Waals surface area contributed by atoms with Crippen molar-refractivity contribution in [1.29, 1.82) is 0 Å². The van der Waals surface area contributed by atoms with Crippen molar-refractivity contribution in [3.8, 4) is 22.3 Å². The predicted molar refractivity (Wildman–Crippen MR) is 120 cm³/mol. The lowest BCUT2D eigenvalue weighted by Crippen LogP contribution is -2.20. The van der Waals surface area contributed by atoms with Gasteiger partial charge in [-0.05, 0) is 80.6 Å². The van der Waals surface area contributed by atoms with Crippen LogP contribution in [0, 0.1) is 0 Å². The molecule has 7 rings (SSSR count). The molecular weight excluding hydrogens is 350 g/mol. The summed E-state index contributed by atoms with van der Waals surface area (Å²) in [4.78, 5) is 2.42. The Balaban J connectivity index is 1.39. The van der Waals surface area contributed by atoms with Gasteiger partial charge in [0, 0.05) is 24.8 Å². The molecule has 29 heavy (non-hydrogen) atoms. The molecule has 0 spiro atoms. The third kappa shape index (κ3) is 2.00. The summed E-state index contributed by atoms with van der Waals surface area (Å²) in [6, 6.07) is 27.3. The molecule has 1 heterocycles. The summed E-state index contributed by atoms with van der Waals surface area (Å²) < 4.78 is 0. The van der Waals surface area contributed by atoms with E-state index in [-0.39, 0.29) is 0 Å². The Kier molecular flexibility index (Phi) is 2.90. The minimum Gasteiger partial charge on any atom is -0.344 e. The number of anilines is 2. The zero-order chi connectivity index (χ0) is 19.1. The lowest BCUT2D eigenvalue weighted by atomic mass is 9.88. The first-order valence-corrected chi connectivity index (χ1v) is 10.5. The van der Waals surface area contributed by atoms with E-state index in [1.54, 1.807) is 0 Å². The van der Waals surface area contributed by atoms with Gasteiger partial charge in [-0.2, -0.15) is 0 Å². The van der Waals surface area contributed by atoms with Crippen LogP contribution < -0.4 is 4.90 Å². The van der Waals surface area contributed by atoms with Crippen molar-refractivity contribution in [2.24, 2.45) is 0 Å². The van der Waals surface area contributed by atoms with Crippen molar-refractivity contribution >= 4 is 11.4 Å². The van der Waals surface area contributed by atoms with Crippen molar-refractivity contribution in [3.05, 3.63) is 106 Å². The molecule has 4 aromatic rings. The van der Waals surface area contributed by atoms with Gasteiger partial charge in [0.25, 0.3) is 0 Å². The molecule has 1 aliphatic heterocycles. The highest BCUT2D eigenvalue weighted by Crippen LogP contribution is 2.48. The van der Waals surface area contributed by atoms with E-state index in [9.17, 15) is 0 Å². The molecule has 0 fully saturated rings. The van der Waals surface area contributed by atoms with Gasteiger partial charge in [0.2, 0.25) is 0 Å². The first-order valence-electron chi connectivity index (χ1n) is 10.5. The van der Waals surface area contributed by atoms with Crippen LogP contribution in [0.2, 0.25) is 0 Å². The molecule has 0 N–H and O–H groups in total. The normalized spacial score (nSPS) is 14.6. The highest BCUT2D eigenvalue weighted by Gasteiger charge is 2.30. The second-order valence-corrected chi connectivity index (χ2v) is 8.63. The number of hydrogen-bond acceptors (Lipinski definition) is 1. The molecule has 0 aromatic heterocycles. The first-order chi connectivity index (χ1) is 14.3. The van der Waals surface area contributed by atoms with Gasteiger partial charge in [-0.15, -0.1) is 0 Å². The van der Waals surface area contributed by atoms with Gasteiger partial charge >= 0.3 is 0 Å². The third-order valence-electron chi connectivity index (χ3n) is 7.16. The standard InChI is InChI=1S/C28H21N/c1-29-27-11-10-23-21-8-4-3-7-18(21)14-25(23)26(27)15-20-13-19-12-17-6-2-5-9-22(17)24(19)16-28(20)29/h2-11,13,16H,12,14-15H2,1H3. The number of fused-ring (bicyclic) bond motifs is 9. The lowest BCUT2D eigenvalue weighted by Gasteiger charge is -2.32. The average molecular weight is 371 g/mol. The Labute approximate surface area is 171 Å². The van der Waals surface area contributed by atoms with E-state index in [2.05, 4.69) is 84.7 Å². The molecule has 0 atom stereocenters. The van der Waals surface area contributed by atoms with Gasteiger partial charge in [0.15, 0.2) is 0 Å². The topological polar surface area (TPSA) is 3.24 Å². The molecule has 3 aliphatic rings. The number of hydrogen-bond donors (Lipinski definition) is 0. The van der Waals surface area contributed by atoms with Crippen molar-refractivity contribution in [1.82, 2.24) is 0 Å². The molecule has 1 heteroatoms. The summed E-state index contributed by atoms with van der Waals surface area (Å²) in [5, 5.41) is 0. The minimum absolute atomic E-state index is 1.04. The fourth-order valence-corrected chi connectivity index (χ4v) is 5.77. The van der Waals surface area contributed by atoms with E-state index in [4.69, 9.17) is 0 Å². The predicted octanol–water partition coefficient (Wildman–Crippen LogP) is 6.50. The summed E-state index contributed by atoms with van der Waals surface area (Å²) in [6.45, 7) is 0. The van der Waals surface area contributed by atoms with Gasteiger partial charge in [0.05, 0.1) is 0 Å². The highest BCUT2D eigenvalue weighted by molar-refractivity contribution is 5.88. The van der Waals surface area contributed by atoms with Gasteiger partial charge in [0.1, 0.15) is 0 Å². The Morgan fingerprint density at radius 3 is 2.03 bits per heavy atom. The first kappa shape index (κ1) is 15.6. The summed E-state index contributed by atoms with van der Waals surface area (Å²) in [5.41, 5.74) is 17.3. The smallest absolute Gasteiger partial charge is 0.0450 e. The fraction of sp³-hybridized carbons (Fsp3) is 0.143. The molecule has 0 unspecified atom stereocenters. The van der Waals surface area contributed by atoms with E-state index in [1.807, 2.05) is 0 Å². The molecule has 2 aliphatic carbocycles. The highest BCUT2D eigenvalue weighted by atomic mass is 15.1. The van der Waals surface area contributed by atoms with Crippen LogP contribution in [0.5, 0.6) is 0 Å². The summed E-state index contributed by atoms with van der Waals surface area (Å²) in [6.07, 6.45) is 3.16. The maximum Gasteiger partial charge on any atom is 0.0450 e. The van der Waals surface area contributed by atoms with Crippen LogP contribution in [-0.2, 0) is 19.3 Å². The molecule has 0 saturated heterocycles. The van der Waals surface area contributed by atoms with Crippen LogP contribution in [0.25, 0.3) is 22.3 Å². The lowest BCUT2D eigenvalue weighted by molar-refractivity contribution is 1.02. The van der Waals surface area contributed by atoms with Gasteiger partial charge in [-0.3, -0.25) is 0 Å². The SMILES string of the molecule is CN1c2cc3c(cc2Cc2c1ccc1c2Cc2ccccc2-1)Cc1ccccc1-3. The van der Waals surface area contributed by atoms with Crippen molar-refractivity contribution in [2.75, 3.05) is 11.9 Å².